The van der Waals surface area contributed by atoms with Gasteiger partial charge in [-0.05, 0) is 44.2 Å². The van der Waals surface area contributed by atoms with Crippen LogP contribution in [0.2, 0.25) is 0 Å². The zero-order valence-electron chi connectivity index (χ0n) is 13.1. The van der Waals surface area contributed by atoms with Gasteiger partial charge in [0.1, 0.15) is 0 Å². The summed E-state index contributed by atoms with van der Waals surface area (Å²) in [6.45, 7) is 8.66. The van der Waals surface area contributed by atoms with E-state index in [1.54, 1.807) is 0 Å². The third kappa shape index (κ3) is 4.07. The Labute approximate surface area is 122 Å². The smallest absolute Gasteiger partial charge is 0.310 e. The molecule has 1 unspecified atom stereocenters. The summed E-state index contributed by atoms with van der Waals surface area (Å²) in [5.41, 5.74) is 1.97. The molecule has 1 aromatic rings. The second-order valence-electron chi connectivity index (χ2n) is 5.71. The molecule has 112 valence electrons. The van der Waals surface area contributed by atoms with E-state index in [-0.39, 0.29) is 6.04 Å². The average Bonchev–Trinajstić information content (AvgIpc) is 2.43. The third-order valence-corrected chi connectivity index (χ3v) is 4.38. The Kier molecular flexibility index (Phi) is 6.21. The third-order valence-electron chi connectivity index (χ3n) is 4.38. The van der Waals surface area contributed by atoms with Gasteiger partial charge < -0.3 is 10.4 Å². The van der Waals surface area contributed by atoms with Crippen LogP contribution in [-0.4, -0.2) is 23.7 Å². The number of aliphatic carboxylic acids is 1. The van der Waals surface area contributed by atoms with Crippen LogP contribution < -0.4 is 5.32 Å². The number of carboxylic acid groups (broad SMARTS) is 1. The molecule has 0 radical (unpaired) electrons. The summed E-state index contributed by atoms with van der Waals surface area (Å²) in [7, 11) is 0. The molecule has 0 bridgehead atoms. The number of aryl methyl sites for hydroxylation is 1. The predicted octanol–water partition coefficient (Wildman–Crippen LogP) is 3.41. The molecule has 0 fully saturated rings. The quantitative estimate of drug-likeness (QED) is 0.765. The van der Waals surface area contributed by atoms with Gasteiger partial charge in [-0.15, -0.1) is 0 Å². The van der Waals surface area contributed by atoms with E-state index in [9.17, 15) is 9.90 Å². The number of nitrogens with one attached hydrogen (secondary N) is 1. The highest BCUT2D eigenvalue weighted by atomic mass is 16.4. The Hall–Kier alpha value is -1.35. The van der Waals surface area contributed by atoms with Gasteiger partial charge in [-0.25, -0.2) is 0 Å². The molecule has 1 aromatic carbocycles. The summed E-state index contributed by atoms with van der Waals surface area (Å²) < 4.78 is 0. The maximum atomic E-state index is 11.5. The van der Waals surface area contributed by atoms with Crippen molar-refractivity contribution in [3.8, 4) is 0 Å². The maximum absolute atomic E-state index is 11.5. The van der Waals surface area contributed by atoms with Crippen LogP contribution in [-0.2, 0) is 11.2 Å². The van der Waals surface area contributed by atoms with Crippen LogP contribution in [0.4, 0.5) is 0 Å². The van der Waals surface area contributed by atoms with Gasteiger partial charge in [0.25, 0.3) is 0 Å². The number of carboxylic acids is 1. The van der Waals surface area contributed by atoms with E-state index in [4.69, 9.17) is 0 Å². The second kappa shape index (κ2) is 7.44. The molecule has 0 saturated carbocycles. The first-order valence-electron chi connectivity index (χ1n) is 7.46. The molecule has 1 rings (SSSR count). The van der Waals surface area contributed by atoms with Crippen molar-refractivity contribution >= 4 is 5.97 Å². The normalized spacial score (nSPS) is 13.2. The van der Waals surface area contributed by atoms with Crippen LogP contribution in [0.5, 0.6) is 0 Å². The number of hydrogen-bond acceptors (Lipinski definition) is 2. The first-order chi connectivity index (χ1) is 9.45. The molecule has 0 amide bonds. The van der Waals surface area contributed by atoms with Gasteiger partial charge in [-0.3, -0.25) is 4.79 Å². The lowest BCUT2D eigenvalue weighted by atomic mass is 9.82. The second-order valence-corrected chi connectivity index (χ2v) is 5.71. The summed E-state index contributed by atoms with van der Waals surface area (Å²) in [6.07, 6.45) is 2.24. The van der Waals surface area contributed by atoms with Crippen molar-refractivity contribution in [2.75, 3.05) is 6.54 Å². The zero-order valence-corrected chi connectivity index (χ0v) is 13.1. The highest BCUT2D eigenvalue weighted by Crippen LogP contribution is 2.26. The predicted molar refractivity (Wildman–Crippen MR) is 83.0 cm³/mol. The van der Waals surface area contributed by atoms with E-state index in [0.717, 1.165) is 6.42 Å². The fourth-order valence-electron chi connectivity index (χ4n) is 2.49. The summed E-state index contributed by atoms with van der Waals surface area (Å²) in [5, 5.41) is 12.8. The summed E-state index contributed by atoms with van der Waals surface area (Å²) in [4.78, 5) is 11.5. The van der Waals surface area contributed by atoms with Crippen LogP contribution in [0.3, 0.4) is 0 Å². The molecule has 1 atom stereocenters. The van der Waals surface area contributed by atoms with Gasteiger partial charge in [-0.2, -0.15) is 0 Å². The summed E-state index contributed by atoms with van der Waals surface area (Å²) in [5.74, 6) is -0.696. The molecule has 0 spiro atoms. The standard InChI is InChI=1S/C17H27NO2/c1-5-17(6-2,16(19)20)12-18-14(4)11-15-10-8-7-9-13(15)3/h7-10,14,18H,5-6,11-12H2,1-4H3,(H,19,20). The monoisotopic (exact) mass is 277 g/mol. The van der Waals surface area contributed by atoms with Crippen molar-refractivity contribution in [3.63, 3.8) is 0 Å². The molecule has 2 N–H and O–H groups in total. The van der Waals surface area contributed by atoms with E-state index in [1.807, 2.05) is 19.9 Å². The summed E-state index contributed by atoms with van der Waals surface area (Å²) in [6, 6.07) is 8.61. The lowest BCUT2D eigenvalue weighted by Crippen LogP contribution is -2.43. The zero-order chi connectivity index (χ0) is 15.2. The van der Waals surface area contributed by atoms with Crippen molar-refractivity contribution in [3.05, 3.63) is 35.4 Å². The van der Waals surface area contributed by atoms with Gasteiger partial charge in [0.15, 0.2) is 0 Å². The molecule has 0 aliphatic heterocycles. The van der Waals surface area contributed by atoms with E-state index in [0.29, 0.717) is 19.4 Å². The molecule has 3 nitrogen and oxygen atoms in total. The minimum absolute atomic E-state index is 0.271. The molecular formula is C17H27NO2. The van der Waals surface area contributed by atoms with Gasteiger partial charge in [0.2, 0.25) is 0 Å². The Morgan fingerprint density at radius 3 is 2.40 bits per heavy atom. The Balaban J connectivity index is 2.61. The van der Waals surface area contributed by atoms with E-state index >= 15 is 0 Å². The van der Waals surface area contributed by atoms with Crippen molar-refractivity contribution in [1.29, 1.82) is 0 Å². The molecule has 0 saturated heterocycles. The fraction of sp³-hybridized carbons (Fsp3) is 0.588. The van der Waals surface area contributed by atoms with E-state index in [2.05, 4.69) is 37.4 Å². The average molecular weight is 277 g/mol. The van der Waals surface area contributed by atoms with Gasteiger partial charge >= 0.3 is 5.97 Å². The topological polar surface area (TPSA) is 49.3 Å². The SMILES string of the molecule is CCC(CC)(CNC(C)Cc1ccccc1C)C(=O)O. The van der Waals surface area contributed by atoms with Crippen LogP contribution in [0, 0.1) is 12.3 Å². The lowest BCUT2D eigenvalue weighted by Gasteiger charge is -2.29. The Morgan fingerprint density at radius 1 is 1.30 bits per heavy atom. The minimum atomic E-state index is -0.696. The fourth-order valence-corrected chi connectivity index (χ4v) is 2.49. The first-order valence-corrected chi connectivity index (χ1v) is 7.46. The van der Waals surface area contributed by atoms with Crippen molar-refractivity contribution in [2.45, 2.75) is 53.0 Å². The van der Waals surface area contributed by atoms with Gasteiger partial charge in [-0.1, -0.05) is 38.1 Å². The molecule has 0 aliphatic carbocycles. The molecular weight excluding hydrogens is 250 g/mol. The first kappa shape index (κ1) is 16.7. The van der Waals surface area contributed by atoms with E-state index in [1.165, 1.54) is 11.1 Å². The molecule has 20 heavy (non-hydrogen) atoms. The van der Waals surface area contributed by atoms with Crippen LogP contribution in [0.1, 0.15) is 44.7 Å². The van der Waals surface area contributed by atoms with Crippen molar-refractivity contribution in [1.82, 2.24) is 5.32 Å². The number of hydrogen-bond donors (Lipinski definition) is 2. The number of carbonyl (C=O) groups is 1. The number of benzene rings is 1. The minimum Gasteiger partial charge on any atom is -0.481 e. The van der Waals surface area contributed by atoms with Crippen molar-refractivity contribution < 1.29 is 9.90 Å². The highest BCUT2D eigenvalue weighted by molar-refractivity contribution is 5.74. The van der Waals surface area contributed by atoms with Crippen molar-refractivity contribution in [2.24, 2.45) is 5.41 Å². The van der Waals surface area contributed by atoms with Crippen LogP contribution >= 0.6 is 0 Å². The van der Waals surface area contributed by atoms with Gasteiger partial charge in [0, 0.05) is 12.6 Å². The van der Waals surface area contributed by atoms with Crippen LogP contribution in [0.15, 0.2) is 24.3 Å². The Morgan fingerprint density at radius 2 is 1.90 bits per heavy atom. The lowest BCUT2D eigenvalue weighted by molar-refractivity contribution is -0.149. The Bertz CT molecular complexity index is 438. The maximum Gasteiger partial charge on any atom is 0.310 e. The van der Waals surface area contributed by atoms with Crippen LogP contribution in [0.25, 0.3) is 0 Å². The summed E-state index contributed by atoms with van der Waals surface area (Å²) >= 11 is 0. The molecule has 0 aliphatic rings. The largest absolute Gasteiger partial charge is 0.481 e. The molecule has 0 heterocycles. The van der Waals surface area contributed by atoms with E-state index < -0.39 is 11.4 Å². The molecule has 3 heteroatoms. The highest BCUT2D eigenvalue weighted by Gasteiger charge is 2.34. The number of rotatable bonds is 8. The molecule has 0 aromatic heterocycles. The van der Waals surface area contributed by atoms with Gasteiger partial charge in [0.05, 0.1) is 5.41 Å².